The molecule has 0 spiro atoms. The van der Waals surface area contributed by atoms with Crippen molar-refractivity contribution in [2.45, 2.75) is 45.4 Å². The lowest BCUT2D eigenvalue weighted by Gasteiger charge is -2.29. The Kier molecular flexibility index (Phi) is 5.59. The fourth-order valence-electron chi connectivity index (χ4n) is 2.75. The molecule has 2 N–H and O–H groups in total. The molecule has 5 nitrogen and oxygen atoms in total. The van der Waals surface area contributed by atoms with Crippen LogP contribution in [-0.2, 0) is 19.5 Å². The number of nitrogens with one attached hydrogen (secondary N) is 1. The minimum atomic E-state index is -0.103. The highest BCUT2D eigenvalue weighted by molar-refractivity contribution is 7.09. The molecule has 0 saturated carbocycles. The molecule has 0 bridgehead atoms. The number of aromatic nitrogens is 2. The van der Waals surface area contributed by atoms with E-state index in [1.807, 2.05) is 0 Å². The van der Waals surface area contributed by atoms with Crippen molar-refractivity contribution in [1.29, 1.82) is 0 Å². The third kappa shape index (κ3) is 4.73. The summed E-state index contributed by atoms with van der Waals surface area (Å²) in [6, 6.07) is 8.73. The minimum Gasteiger partial charge on any atom is -0.393 e. The summed E-state index contributed by atoms with van der Waals surface area (Å²) in [6.45, 7) is 5.78. The van der Waals surface area contributed by atoms with Crippen molar-refractivity contribution >= 4 is 16.7 Å². The van der Waals surface area contributed by atoms with Gasteiger partial charge in [-0.25, -0.2) is 4.98 Å². The van der Waals surface area contributed by atoms with E-state index in [1.165, 1.54) is 22.7 Å². The second kappa shape index (κ2) is 7.86. The van der Waals surface area contributed by atoms with Gasteiger partial charge in [0.2, 0.25) is 5.13 Å². The summed E-state index contributed by atoms with van der Waals surface area (Å²) in [6.07, 6.45) is 2.56. The van der Waals surface area contributed by atoms with Gasteiger partial charge in [-0.1, -0.05) is 31.2 Å². The van der Waals surface area contributed by atoms with E-state index in [0.717, 1.165) is 56.4 Å². The summed E-state index contributed by atoms with van der Waals surface area (Å²) in [5.74, 6) is 0.902. The zero-order valence-electron chi connectivity index (χ0n) is 13.5. The first-order valence-electron chi connectivity index (χ1n) is 8.27. The zero-order chi connectivity index (χ0) is 16.1. The van der Waals surface area contributed by atoms with E-state index in [-0.39, 0.29) is 6.10 Å². The molecule has 6 heteroatoms. The van der Waals surface area contributed by atoms with Crippen molar-refractivity contribution in [1.82, 2.24) is 14.3 Å². The number of hydrogen-bond donors (Lipinski definition) is 2. The fourth-order valence-corrected chi connectivity index (χ4v) is 3.39. The summed E-state index contributed by atoms with van der Waals surface area (Å²) in [4.78, 5) is 6.82. The Hall–Kier alpha value is -1.50. The third-order valence-electron chi connectivity index (χ3n) is 4.21. The number of aryl methyl sites for hydroxylation is 1. The smallest absolute Gasteiger partial charge is 0.202 e. The van der Waals surface area contributed by atoms with Crippen LogP contribution in [0.15, 0.2) is 24.3 Å². The molecule has 1 aromatic heterocycles. The van der Waals surface area contributed by atoms with Crippen molar-refractivity contribution in [3.63, 3.8) is 0 Å². The lowest BCUT2D eigenvalue weighted by Crippen LogP contribution is -2.35. The Bertz CT molecular complexity index is 605. The van der Waals surface area contributed by atoms with Gasteiger partial charge in [0, 0.05) is 44.1 Å². The molecule has 2 heterocycles. The number of nitrogens with zero attached hydrogens (tertiary/aromatic N) is 3. The van der Waals surface area contributed by atoms with Gasteiger partial charge in [-0.05, 0) is 24.0 Å². The van der Waals surface area contributed by atoms with Crippen LogP contribution in [0.1, 0.15) is 36.7 Å². The second-order valence-electron chi connectivity index (χ2n) is 6.05. The standard InChI is InChI=1S/C17H24N4OS/c1-2-16-19-17(23-20-16)18-11-13-3-5-14(6-4-13)12-21-9-7-15(22)8-10-21/h3-6,15,22H,2,7-12H2,1H3,(H,18,19,20). The quantitative estimate of drug-likeness (QED) is 0.851. The van der Waals surface area contributed by atoms with E-state index in [4.69, 9.17) is 0 Å². The first-order chi connectivity index (χ1) is 11.2. The maximum Gasteiger partial charge on any atom is 0.202 e. The normalized spacial score (nSPS) is 16.6. The summed E-state index contributed by atoms with van der Waals surface area (Å²) < 4.78 is 4.28. The Morgan fingerprint density at radius 3 is 2.57 bits per heavy atom. The lowest BCUT2D eigenvalue weighted by atomic mass is 10.1. The Morgan fingerprint density at radius 1 is 1.22 bits per heavy atom. The van der Waals surface area contributed by atoms with Gasteiger partial charge < -0.3 is 10.4 Å². The Labute approximate surface area is 141 Å². The molecule has 1 saturated heterocycles. The van der Waals surface area contributed by atoms with Crippen LogP contribution >= 0.6 is 11.5 Å². The Morgan fingerprint density at radius 2 is 1.91 bits per heavy atom. The average molecular weight is 332 g/mol. The molecule has 1 fully saturated rings. The second-order valence-corrected chi connectivity index (χ2v) is 6.80. The van der Waals surface area contributed by atoms with Crippen molar-refractivity contribution < 1.29 is 5.11 Å². The molecule has 0 unspecified atom stereocenters. The molecule has 23 heavy (non-hydrogen) atoms. The van der Waals surface area contributed by atoms with Crippen LogP contribution < -0.4 is 5.32 Å². The average Bonchev–Trinajstić information content (AvgIpc) is 3.04. The number of hydrogen-bond acceptors (Lipinski definition) is 6. The zero-order valence-corrected chi connectivity index (χ0v) is 14.4. The van der Waals surface area contributed by atoms with E-state index in [9.17, 15) is 5.11 Å². The number of piperidine rings is 1. The van der Waals surface area contributed by atoms with Gasteiger partial charge >= 0.3 is 0 Å². The molecular weight excluding hydrogens is 308 g/mol. The fraction of sp³-hybridized carbons (Fsp3) is 0.529. The maximum atomic E-state index is 9.56. The largest absolute Gasteiger partial charge is 0.393 e. The number of anilines is 1. The summed E-state index contributed by atoms with van der Waals surface area (Å²) >= 11 is 1.42. The van der Waals surface area contributed by atoms with Crippen LogP contribution in [0.3, 0.4) is 0 Å². The van der Waals surface area contributed by atoms with Crippen LogP contribution in [-0.4, -0.2) is 38.6 Å². The van der Waals surface area contributed by atoms with E-state index >= 15 is 0 Å². The lowest BCUT2D eigenvalue weighted by molar-refractivity contribution is 0.0792. The van der Waals surface area contributed by atoms with Gasteiger partial charge in [-0.3, -0.25) is 4.90 Å². The van der Waals surface area contributed by atoms with Gasteiger partial charge in [0.25, 0.3) is 0 Å². The molecule has 0 atom stereocenters. The minimum absolute atomic E-state index is 0.103. The topological polar surface area (TPSA) is 61.3 Å². The number of aliphatic hydroxyl groups excluding tert-OH is 1. The van der Waals surface area contributed by atoms with E-state index in [0.29, 0.717) is 0 Å². The van der Waals surface area contributed by atoms with E-state index < -0.39 is 0 Å². The van der Waals surface area contributed by atoms with Gasteiger partial charge in [0.15, 0.2) is 0 Å². The molecule has 1 aromatic carbocycles. The van der Waals surface area contributed by atoms with Crippen molar-refractivity contribution in [2.24, 2.45) is 0 Å². The van der Waals surface area contributed by atoms with Crippen molar-refractivity contribution in [3.05, 3.63) is 41.2 Å². The summed E-state index contributed by atoms with van der Waals surface area (Å²) in [5.41, 5.74) is 2.57. The molecule has 2 aromatic rings. The number of rotatable bonds is 6. The highest BCUT2D eigenvalue weighted by Gasteiger charge is 2.16. The molecular formula is C17H24N4OS. The third-order valence-corrected chi connectivity index (χ3v) is 4.92. The van der Waals surface area contributed by atoms with Crippen LogP contribution in [0.2, 0.25) is 0 Å². The first kappa shape index (κ1) is 16.4. The van der Waals surface area contributed by atoms with Crippen LogP contribution in [0, 0.1) is 0 Å². The molecule has 0 radical (unpaired) electrons. The Balaban J connectivity index is 1.48. The maximum absolute atomic E-state index is 9.56. The van der Waals surface area contributed by atoms with Gasteiger partial charge in [0.1, 0.15) is 5.82 Å². The van der Waals surface area contributed by atoms with Gasteiger partial charge in [-0.15, -0.1) is 0 Å². The highest BCUT2D eigenvalue weighted by atomic mass is 32.1. The number of aliphatic hydroxyl groups is 1. The molecule has 1 aliphatic rings. The van der Waals surface area contributed by atoms with Crippen molar-refractivity contribution in [3.8, 4) is 0 Å². The summed E-state index contributed by atoms with van der Waals surface area (Å²) in [5, 5.41) is 13.8. The SMILES string of the molecule is CCc1nsc(NCc2ccc(CN3CCC(O)CC3)cc2)n1. The predicted molar refractivity (Wildman–Crippen MR) is 93.6 cm³/mol. The van der Waals surface area contributed by atoms with Crippen LogP contribution in [0.5, 0.6) is 0 Å². The van der Waals surface area contributed by atoms with Crippen LogP contribution in [0.25, 0.3) is 0 Å². The molecule has 3 rings (SSSR count). The predicted octanol–water partition coefficient (Wildman–Crippen LogP) is 2.67. The van der Waals surface area contributed by atoms with E-state index in [1.54, 1.807) is 0 Å². The van der Waals surface area contributed by atoms with Crippen molar-refractivity contribution in [2.75, 3.05) is 18.4 Å². The molecule has 0 amide bonds. The van der Waals surface area contributed by atoms with Gasteiger partial charge in [-0.2, -0.15) is 4.37 Å². The number of likely N-dealkylation sites (tertiary alicyclic amines) is 1. The first-order valence-corrected chi connectivity index (χ1v) is 9.05. The van der Waals surface area contributed by atoms with Crippen LogP contribution in [0.4, 0.5) is 5.13 Å². The molecule has 0 aliphatic carbocycles. The number of benzene rings is 1. The molecule has 124 valence electrons. The monoisotopic (exact) mass is 332 g/mol. The summed E-state index contributed by atoms with van der Waals surface area (Å²) in [7, 11) is 0. The van der Waals surface area contributed by atoms with Gasteiger partial charge in [0.05, 0.1) is 6.10 Å². The highest BCUT2D eigenvalue weighted by Crippen LogP contribution is 2.16. The molecule has 1 aliphatic heterocycles. The van der Waals surface area contributed by atoms with E-state index in [2.05, 4.69) is 50.8 Å².